The molecule has 0 radical (unpaired) electrons. The molecule has 1 aromatic rings. The van der Waals surface area contributed by atoms with Gasteiger partial charge in [-0.1, -0.05) is 29.3 Å². The van der Waals surface area contributed by atoms with Crippen LogP contribution in [-0.4, -0.2) is 23.7 Å². The molecule has 1 saturated carbocycles. The summed E-state index contributed by atoms with van der Waals surface area (Å²) in [5.41, 5.74) is 0.549. The minimum atomic E-state index is -0.847. The van der Waals surface area contributed by atoms with Gasteiger partial charge in [-0.15, -0.1) is 0 Å². The molecule has 98 valence electrons. The largest absolute Gasteiger partial charge is 0.387 e. The maximum absolute atomic E-state index is 11.4. The van der Waals surface area contributed by atoms with Crippen molar-refractivity contribution >= 4 is 29.2 Å². The monoisotopic (exact) mass is 288 g/mol. The Labute approximate surface area is 115 Å². The number of halogens is 2. The Morgan fingerprint density at radius 1 is 1.44 bits per heavy atom. The second kappa shape index (κ2) is 5.78. The van der Waals surface area contributed by atoms with Gasteiger partial charge in [0.2, 0.25) is 0 Å². The number of carbonyl (C=O) groups is 1. The first-order valence-corrected chi connectivity index (χ1v) is 6.49. The summed E-state index contributed by atoms with van der Waals surface area (Å²) in [5.74, 6) is 0. The van der Waals surface area contributed by atoms with Gasteiger partial charge in [-0.3, -0.25) is 0 Å². The molecule has 18 heavy (non-hydrogen) atoms. The van der Waals surface area contributed by atoms with E-state index in [9.17, 15) is 9.90 Å². The molecule has 6 heteroatoms. The van der Waals surface area contributed by atoms with Crippen molar-refractivity contribution in [3.63, 3.8) is 0 Å². The number of aliphatic hydroxyl groups excluding tert-OH is 1. The Morgan fingerprint density at radius 2 is 2.17 bits per heavy atom. The van der Waals surface area contributed by atoms with Crippen molar-refractivity contribution in [2.45, 2.75) is 25.0 Å². The third-order valence-corrected chi connectivity index (χ3v) is 3.25. The fourth-order valence-electron chi connectivity index (χ4n) is 1.54. The normalized spacial score (nSPS) is 16.2. The molecule has 2 amide bonds. The second-order valence-corrected chi connectivity index (χ2v) is 5.15. The highest BCUT2D eigenvalue weighted by molar-refractivity contribution is 6.35. The fraction of sp³-hybridized carbons (Fsp3) is 0.417. The molecule has 0 unspecified atom stereocenters. The van der Waals surface area contributed by atoms with E-state index in [1.165, 1.54) is 0 Å². The minimum absolute atomic E-state index is 0.111. The van der Waals surface area contributed by atoms with Gasteiger partial charge in [-0.25, -0.2) is 4.79 Å². The van der Waals surface area contributed by atoms with Gasteiger partial charge in [-0.2, -0.15) is 0 Å². The van der Waals surface area contributed by atoms with E-state index in [0.29, 0.717) is 21.7 Å². The third kappa shape index (κ3) is 3.77. The first-order valence-electron chi connectivity index (χ1n) is 5.73. The van der Waals surface area contributed by atoms with E-state index in [1.54, 1.807) is 18.2 Å². The van der Waals surface area contributed by atoms with Crippen LogP contribution in [0.15, 0.2) is 18.2 Å². The van der Waals surface area contributed by atoms with Gasteiger partial charge in [-0.05, 0) is 25.0 Å². The zero-order valence-corrected chi connectivity index (χ0v) is 11.1. The molecule has 0 bridgehead atoms. The van der Waals surface area contributed by atoms with E-state index in [4.69, 9.17) is 23.2 Å². The molecular weight excluding hydrogens is 275 g/mol. The van der Waals surface area contributed by atoms with Gasteiger partial charge in [0.05, 0.1) is 6.10 Å². The van der Waals surface area contributed by atoms with Crippen molar-refractivity contribution in [3.8, 4) is 0 Å². The molecule has 0 aliphatic heterocycles. The molecule has 0 spiro atoms. The molecule has 4 nitrogen and oxygen atoms in total. The standard InChI is InChI=1S/C12H14Cl2N2O2/c13-7-1-4-9(10(14)5-7)11(17)6-15-12(18)16-8-2-3-8/h1,4-5,8,11,17H,2-3,6H2,(H2,15,16,18)/t11-/m0/s1. The highest BCUT2D eigenvalue weighted by Crippen LogP contribution is 2.25. The topological polar surface area (TPSA) is 61.4 Å². The lowest BCUT2D eigenvalue weighted by atomic mass is 10.1. The Bertz CT molecular complexity index is 450. The SMILES string of the molecule is O=C(NC[C@H](O)c1ccc(Cl)cc1Cl)NC1CC1. The number of hydrogen-bond donors (Lipinski definition) is 3. The zero-order chi connectivity index (χ0) is 13.1. The maximum Gasteiger partial charge on any atom is 0.315 e. The van der Waals surface area contributed by atoms with Crippen LogP contribution in [-0.2, 0) is 0 Å². The summed E-state index contributed by atoms with van der Waals surface area (Å²) in [4.78, 5) is 11.4. The number of hydrogen-bond acceptors (Lipinski definition) is 2. The number of aliphatic hydroxyl groups is 1. The van der Waals surface area contributed by atoms with E-state index in [2.05, 4.69) is 10.6 Å². The van der Waals surface area contributed by atoms with Gasteiger partial charge in [0.15, 0.2) is 0 Å². The van der Waals surface area contributed by atoms with Gasteiger partial charge < -0.3 is 15.7 Å². The summed E-state index contributed by atoms with van der Waals surface area (Å²) in [6.45, 7) is 0.111. The molecule has 2 rings (SSSR count). The van der Waals surface area contributed by atoms with Crippen LogP contribution in [0.1, 0.15) is 24.5 Å². The van der Waals surface area contributed by atoms with Crippen LogP contribution in [0.2, 0.25) is 10.0 Å². The van der Waals surface area contributed by atoms with Crippen LogP contribution < -0.4 is 10.6 Å². The first kappa shape index (κ1) is 13.5. The van der Waals surface area contributed by atoms with Crippen molar-refractivity contribution in [1.29, 1.82) is 0 Å². The van der Waals surface area contributed by atoms with E-state index in [-0.39, 0.29) is 12.6 Å². The summed E-state index contributed by atoms with van der Waals surface area (Å²) in [5, 5.41) is 16.2. The predicted molar refractivity (Wildman–Crippen MR) is 71.0 cm³/mol. The van der Waals surface area contributed by atoms with Crippen molar-refractivity contribution < 1.29 is 9.90 Å². The lowest BCUT2D eigenvalue weighted by molar-refractivity contribution is 0.173. The van der Waals surface area contributed by atoms with Crippen LogP contribution in [0, 0.1) is 0 Å². The summed E-state index contributed by atoms with van der Waals surface area (Å²) < 4.78 is 0. The van der Waals surface area contributed by atoms with Crippen LogP contribution in [0.4, 0.5) is 4.79 Å². The van der Waals surface area contributed by atoms with E-state index in [0.717, 1.165) is 12.8 Å². The summed E-state index contributed by atoms with van der Waals surface area (Å²) >= 11 is 11.7. The quantitative estimate of drug-likeness (QED) is 0.797. The molecule has 1 aromatic carbocycles. The molecule has 3 N–H and O–H groups in total. The highest BCUT2D eigenvalue weighted by atomic mass is 35.5. The summed E-state index contributed by atoms with van der Waals surface area (Å²) in [6, 6.07) is 4.89. The molecular formula is C12H14Cl2N2O2. The van der Waals surface area contributed by atoms with Gasteiger partial charge >= 0.3 is 6.03 Å². The zero-order valence-electron chi connectivity index (χ0n) is 9.62. The van der Waals surface area contributed by atoms with Crippen LogP contribution >= 0.6 is 23.2 Å². The Morgan fingerprint density at radius 3 is 2.78 bits per heavy atom. The number of carbonyl (C=O) groups excluding carboxylic acids is 1. The molecule has 0 saturated heterocycles. The van der Waals surface area contributed by atoms with Crippen LogP contribution in [0.5, 0.6) is 0 Å². The highest BCUT2D eigenvalue weighted by Gasteiger charge is 2.23. The van der Waals surface area contributed by atoms with E-state index >= 15 is 0 Å². The smallest absolute Gasteiger partial charge is 0.315 e. The Kier molecular flexibility index (Phi) is 4.32. The number of amides is 2. The molecule has 0 heterocycles. The second-order valence-electron chi connectivity index (χ2n) is 4.31. The van der Waals surface area contributed by atoms with E-state index < -0.39 is 6.10 Å². The van der Waals surface area contributed by atoms with Gasteiger partial charge in [0.25, 0.3) is 0 Å². The third-order valence-electron chi connectivity index (χ3n) is 2.69. The Balaban J connectivity index is 1.86. The van der Waals surface area contributed by atoms with Gasteiger partial charge in [0.1, 0.15) is 0 Å². The Hall–Kier alpha value is -0.970. The van der Waals surface area contributed by atoms with Crippen molar-refractivity contribution in [2.24, 2.45) is 0 Å². The van der Waals surface area contributed by atoms with Crippen molar-refractivity contribution in [2.75, 3.05) is 6.54 Å². The minimum Gasteiger partial charge on any atom is -0.387 e. The fourth-order valence-corrected chi connectivity index (χ4v) is 2.07. The number of nitrogens with one attached hydrogen (secondary N) is 2. The summed E-state index contributed by atoms with van der Waals surface area (Å²) in [6.07, 6.45) is 1.21. The average Bonchev–Trinajstić information content (AvgIpc) is 3.10. The lowest BCUT2D eigenvalue weighted by Crippen LogP contribution is -2.38. The van der Waals surface area contributed by atoms with Crippen LogP contribution in [0.3, 0.4) is 0 Å². The molecule has 0 aromatic heterocycles. The lowest BCUT2D eigenvalue weighted by Gasteiger charge is -2.14. The van der Waals surface area contributed by atoms with Gasteiger partial charge in [0, 0.05) is 28.2 Å². The molecule has 1 atom stereocenters. The first-order chi connectivity index (χ1) is 8.56. The molecule has 1 fully saturated rings. The van der Waals surface area contributed by atoms with Crippen molar-refractivity contribution in [1.82, 2.24) is 10.6 Å². The summed E-state index contributed by atoms with van der Waals surface area (Å²) in [7, 11) is 0. The average molecular weight is 289 g/mol. The number of benzene rings is 1. The van der Waals surface area contributed by atoms with Crippen LogP contribution in [0.25, 0.3) is 0 Å². The predicted octanol–water partition coefficient (Wildman–Crippen LogP) is 2.49. The van der Waals surface area contributed by atoms with Crippen molar-refractivity contribution in [3.05, 3.63) is 33.8 Å². The number of urea groups is 1. The number of rotatable bonds is 4. The molecule has 1 aliphatic rings. The van der Waals surface area contributed by atoms with E-state index in [1.807, 2.05) is 0 Å². The molecule has 1 aliphatic carbocycles. The maximum atomic E-state index is 11.4.